The molecule has 1 aliphatic rings. The summed E-state index contributed by atoms with van der Waals surface area (Å²) in [7, 11) is 1.34. The molecule has 0 aromatic heterocycles. The van der Waals surface area contributed by atoms with Crippen molar-refractivity contribution in [3.63, 3.8) is 0 Å². The lowest BCUT2D eigenvalue weighted by atomic mass is 10.1. The van der Waals surface area contributed by atoms with Crippen molar-refractivity contribution in [3.05, 3.63) is 41.6 Å². The SMILES string of the molecule is COc1cccc(C(=O)N2NC(C(F)F)=CC2(O)C(F)F)c1. The third kappa shape index (κ3) is 2.71. The number of methoxy groups -OCH3 is 1. The molecule has 22 heavy (non-hydrogen) atoms. The van der Waals surface area contributed by atoms with Gasteiger partial charge in [-0.05, 0) is 18.2 Å². The van der Waals surface area contributed by atoms with Crippen molar-refractivity contribution < 1.29 is 32.2 Å². The number of halogens is 4. The Labute approximate surface area is 122 Å². The number of alkyl halides is 4. The number of amides is 1. The zero-order valence-corrected chi connectivity index (χ0v) is 11.3. The summed E-state index contributed by atoms with van der Waals surface area (Å²) in [6, 6.07) is 5.44. The fourth-order valence-electron chi connectivity index (χ4n) is 1.92. The predicted molar refractivity (Wildman–Crippen MR) is 67.3 cm³/mol. The molecular weight excluding hydrogens is 308 g/mol. The first kappa shape index (κ1) is 16.1. The molecule has 1 aromatic rings. The molecule has 0 spiro atoms. The first-order valence-corrected chi connectivity index (χ1v) is 6.06. The Morgan fingerprint density at radius 3 is 2.59 bits per heavy atom. The van der Waals surface area contributed by atoms with Crippen LogP contribution in [0.25, 0.3) is 0 Å². The van der Waals surface area contributed by atoms with Crippen LogP contribution in [-0.2, 0) is 0 Å². The van der Waals surface area contributed by atoms with Gasteiger partial charge < -0.3 is 9.84 Å². The summed E-state index contributed by atoms with van der Waals surface area (Å²) in [6.07, 6.45) is -6.39. The molecule has 1 heterocycles. The zero-order chi connectivity index (χ0) is 16.5. The quantitative estimate of drug-likeness (QED) is 0.830. The Balaban J connectivity index is 2.36. The van der Waals surface area contributed by atoms with Crippen molar-refractivity contribution in [2.45, 2.75) is 18.6 Å². The summed E-state index contributed by atoms with van der Waals surface area (Å²) in [5, 5.41) is 9.93. The maximum absolute atomic E-state index is 13.0. The molecule has 0 radical (unpaired) electrons. The van der Waals surface area contributed by atoms with Crippen LogP contribution in [0.1, 0.15) is 10.4 Å². The molecule has 1 aromatic carbocycles. The smallest absolute Gasteiger partial charge is 0.291 e. The van der Waals surface area contributed by atoms with Gasteiger partial charge in [-0.2, -0.15) is 0 Å². The maximum Gasteiger partial charge on any atom is 0.291 e. The Morgan fingerprint density at radius 2 is 2.05 bits per heavy atom. The van der Waals surface area contributed by atoms with Crippen molar-refractivity contribution in [1.82, 2.24) is 10.4 Å². The van der Waals surface area contributed by atoms with Crippen LogP contribution in [0.15, 0.2) is 36.0 Å². The molecule has 1 unspecified atom stereocenters. The third-order valence-corrected chi connectivity index (χ3v) is 3.04. The summed E-state index contributed by atoms with van der Waals surface area (Å²) in [4.78, 5) is 12.2. The Morgan fingerprint density at radius 1 is 1.36 bits per heavy atom. The van der Waals surface area contributed by atoms with E-state index in [0.717, 1.165) is 0 Å². The summed E-state index contributed by atoms with van der Waals surface area (Å²) in [5.41, 5.74) is -2.43. The van der Waals surface area contributed by atoms with Crippen LogP contribution in [0.4, 0.5) is 17.6 Å². The monoisotopic (exact) mass is 320 g/mol. The minimum Gasteiger partial charge on any atom is -0.497 e. The van der Waals surface area contributed by atoms with Gasteiger partial charge in [0.25, 0.3) is 18.8 Å². The average Bonchev–Trinajstić information content (AvgIpc) is 2.86. The van der Waals surface area contributed by atoms with Gasteiger partial charge in [-0.25, -0.2) is 22.6 Å². The van der Waals surface area contributed by atoms with Gasteiger partial charge in [0, 0.05) is 11.6 Å². The highest BCUT2D eigenvalue weighted by molar-refractivity contribution is 5.95. The number of carbonyl (C=O) groups is 1. The minimum atomic E-state index is -3.48. The second kappa shape index (κ2) is 5.84. The van der Waals surface area contributed by atoms with E-state index in [4.69, 9.17) is 4.74 Å². The van der Waals surface area contributed by atoms with E-state index in [0.29, 0.717) is 0 Å². The van der Waals surface area contributed by atoms with Gasteiger partial charge in [0.2, 0.25) is 5.72 Å². The summed E-state index contributed by atoms with van der Waals surface area (Å²) in [5.74, 6) is -0.832. The topological polar surface area (TPSA) is 61.8 Å². The summed E-state index contributed by atoms with van der Waals surface area (Å²) < 4.78 is 56.3. The van der Waals surface area contributed by atoms with Gasteiger partial charge in [-0.1, -0.05) is 6.07 Å². The number of nitrogens with zero attached hydrogens (tertiary/aromatic N) is 1. The highest BCUT2D eigenvalue weighted by Crippen LogP contribution is 2.31. The lowest BCUT2D eigenvalue weighted by Gasteiger charge is -2.31. The van der Waals surface area contributed by atoms with Gasteiger partial charge in [0.1, 0.15) is 5.75 Å². The van der Waals surface area contributed by atoms with Gasteiger partial charge >= 0.3 is 0 Å². The predicted octanol–water partition coefficient (Wildman–Crippen LogP) is 1.76. The fraction of sp³-hybridized carbons (Fsp3) is 0.308. The van der Waals surface area contributed by atoms with Crippen LogP contribution in [0.2, 0.25) is 0 Å². The van der Waals surface area contributed by atoms with E-state index >= 15 is 0 Å². The number of hydrazine groups is 1. The van der Waals surface area contributed by atoms with E-state index in [2.05, 4.69) is 0 Å². The second-order valence-corrected chi connectivity index (χ2v) is 4.47. The molecule has 5 nitrogen and oxygen atoms in total. The maximum atomic E-state index is 13.0. The number of rotatable bonds is 4. The minimum absolute atomic E-state index is 0.0773. The molecule has 0 bridgehead atoms. The zero-order valence-electron chi connectivity index (χ0n) is 11.3. The molecule has 120 valence electrons. The van der Waals surface area contributed by atoms with Gasteiger partial charge in [0.15, 0.2) is 0 Å². The molecule has 9 heteroatoms. The van der Waals surface area contributed by atoms with E-state index in [1.165, 1.54) is 31.4 Å². The Kier molecular flexibility index (Phi) is 4.27. The molecule has 0 aliphatic carbocycles. The number of aliphatic hydroxyl groups is 1. The average molecular weight is 320 g/mol. The van der Waals surface area contributed by atoms with Crippen LogP contribution in [0.3, 0.4) is 0 Å². The lowest BCUT2D eigenvalue weighted by Crippen LogP contribution is -2.56. The van der Waals surface area contributed by atoms with Gasteiger partial charge in [-0.3, -0.25) is 10.2 Å². The second-order valence-electron chi connectivity index (χ2n) is 4.47. The van der Waals surface area contributed by atoms with Crippen molar-refractivity contribution in [2.24, 2.45) is 0 Å². The van der Waals surface area contributed by atoms with E-state index in [1.54, 1.807) is 0 Å². The Hall–Kier alpha value is -2.29. The standard InChI is InChI=1S/C13H12F4N2O3/c1-22-8-4-2-3-7(5-8)11(20)19-13(21,12(16)17)6-9(18-19)10(14)15/h2-6,10,12,18,21H,1H3. The van der Waals surface area contributed by atoms with Crippen LogP contribution in [0.5, 0.6) is 5.75 Å². The van der Waals surface area contributed by atoms with Crippen molar-refractivity contribution in [1.29, 1.82) is 0 Å². The number of hydrogen-bond donors (Lipinski definition) is 2. The van der Waals surface area contributed by atoms with Gasteiger partial charge in [0.05, 0.1) is 12.8 Å². The fourth-order valence-corrected chi connectivity index (χ4v) is 1.92. The van der Waals surface area contributed by atoms with Crippen molar-refractivity contribution in [2.75, 3.05) is 7.11 Å². The van der Waals surface area contributed by atoms with E-state index in [-0.39, 0.29) is 22.4 Å². The number of ether oxygens (including phenoxy) is 1. The van der Waals surface area contributed by atoms with E-state index < -0.39 is 30.2 Å². The van der Waals surface area contributed by atoms with Crippen LogP contribution >= 0.6 is 0 Å². The first-order valence-electron chi connectivity index (χ1n) is 6.06. The van der Waals surface area contributed by atoms with Gasteiger partial charge in [-0.15, -0.1) is 0 Å². The molecule has 0 saturated carbocycles. The van der Waals surface area contributed by atoms with Crippen molar-refractivity contribution in [3.8, 4) is 5.75 Å². The highest BCUT2D eigenvalue weighted by atomic mass is 19.3. The van der Waals surface area contributed by atoms with E-state index in [1.807, 2.05) is 5.43 Å². The number of hydrogen-bond acceptors (Lipinski definition) is 4. The highest BCUT2D eigenvalue weighted by Gasteiger charge is 2.51. The Bertz CT molecular complexity index is 609. The third-order valence-electron chi connectivity index (χ3n) is 3.04. The number of nitrogens with one attached hydrogen (secondary N) is 1. The molecule has 0 fully saturated rings. The summed E-state index contributed by atoms with van der Waals surface area (Å²) >= 11 is 0. The molecular formula is C13H12F4N2O3. The van der Waals surface area contributed by atoms with Crippen LogP contribution in [0, 0.1) is 0 Å². The van der Waals surface area contributed by atoms with Crippen LogP contribution in [-0.4, -0.2) is 41.7 Å². The number of benzene rings is 1. The molecule has 1 amide bonds. The molecule has 1 aliphatic heterocycles. The summed E-state index contributed by atoms with van der Waals surface area (Å²) in [6.45, 7) is 0. The van der Waals surface area contributed by atoms with Crippen LogP contribution < -0.4 is 10.2 Å². The molecule has 0 saturated heterocycles. The normalized spacial score (nSPS) is 21.1. The molecule has 1 atom stereocenters. The molecule has 2 N–H and O–H groups in total. The van der Waals surface area contributed by atoms with Crippen molar-refractivity contribution >= 4 is 5.91 Å². The molecule has 2 rings (SSSR count). The number of allylic oxidation sites excluding steroid dienone is 1. The number of carbonyl (C=O) groups excluding carboxylic acids is 1. The van der Waals surface area contributed by atoms with E-state index in [9.17, 15) is 27.5 Å². The largest absolute Gasteiger partial charge is 0.497 e. The first-order chi connectivity index (χ1) is 10.3. The lowest BCUT2D eigenvalue weighted by molar-refractivity contribution is -0.146.